The number of rotatable bonds is 7. The molecule has 4 aromatic rings. The summed E-state index contributed by atoms with van der Waals surface area (Å²) >= 11 is 0. The lowest BCUT2D eigenvalue weighted by Gasteiger charge is -2.35. The zero-order valence-corrected chi connectivity index (χ0v) is 18.5. The number of para-hydroxylation sites is 2. The highest BCUT2D eigenvalue weighted by Crippen LogP contribution is 2.29. The van der Waals surface area contributed by atoms with Crippen molar-refractivity contribution in [3.63, 3.8) is 0 Å². The van der Waals surface area contributed by atoms with Gasteiger partial charge >= 0.3 is 0 Å². The van der Waals surface area contributed by atoms with Gasteiger partial charge in [0.2, 0.25) is 0 Å². The summed E-state index contributed by atoms with van der Waals surface area (Å²) in [6.45, 7) is 5.63. The number of nitrogens with zero attached hydrogens (tertiary/aromatic N) is 4. The van der Waals surface area contributed by atoms with Gasteiger partial charge in [-0.2, -0.15) is 0 Å². The minimum absolute atomic E-state index is 0.126. The van der Waals surface area contributed by atoms with Crippen LogP contribution in [0.15, 0.2) is 72.8 Å². The number of non-ortho nitro benzene ring substituents is 1. The van der Waals surface area contributed by atoms with Crippen LogP contribution >= 0.6 is 0 Å². The molecule has 5 rings (SSSR count). The van der Waals surface area contributed by atoms with E-state index in [0.29, 0.717) is 13.1 Å². The van der Waals surface area contributed by atoms with Gasteiger partial charge in [0, 0.05) is 73.2 Å². The van der Waals surface area contributed by atoms with E-state index in [2.05, 4.69) is 50.8 Å². The molecule has 0 radical (unpaired) electrons. The van der Waals surface area contributed by atoms with E-state index in [0.717, 1.165) is 49.3 Å². The van der Waals surface area contributed by atoms with Crippen LogP contribution in [-0.4, -0.2) is 63.2 Å². The molecule has 3 aromatic carbocycles. The van der Waals surface area contributed by atoms with Crippen molar-refractivity contribution in [1.29, 1.82) is 0 Å². The van der Waals surface area contributed by atoms with Crippen molar-refractivity contribution in [1.82, 2.24) is 14.4 Å². The van der Waals surface area contributed by atoms with E-state index in [1.807, 2.05) is 24.3 Å². The molecule has 1 aliphatic heterocycles. The van der Waals surface area contributed by atoms with Crippen LogP contribution in [0.5, 0.6) is 0 Å². The molecule has 0 aliphatic carbocycles. The van der Waals surface area contributed by atoms with Crippen molar-refractivity contribution in [3.8, 4) is 0 Å². The quantitative estimate of drug-likeness (QED) is 0.346. The molecule has 1 aliphatic rings. The van der Waals surface area contributed by atoms with Gasteiger partial charge < -0.3 is 9.67 Å². The maximum atomic E-state index is 10.9. The summed E-state index contributed by atoms with van der Waals surface area (Å²) in [7, 11) is 0. The molecule has 1 saturated heterocycles. The molecule has 7 heteroatoms. The molecule has 0 saturated carbocycles. The first-order valence-electron chi connectivity index (χ1n) is 11.4. The Bertz CT molecular complexity index is 1210. The maximum Gasteiger partial charge on any atom is 0.269 e. The highest BCUT2D eigenvalue weighted by molar-refractivity contribution is 6.07. The van der Waals surface area contributed by atoms with Gasteiger partial charge in [0.15, 0.2) is 0 Å². The molecule has 2 heterocycles. The number of aliphatic hydroxyl groups excluding tert-OH is 1. The fourth-order valence-electron chi connectivity index (χ4n) is 4.88. The zero-order chi connectivity index (χ0) is 22.8. The highest BCUT2D eigenvalue weighted by Gasteiger charge is 2.21. The van der Waals surface area contributed by atoms with Crippen molar-refractivity contribution in [2.24, 2.45) is 0 Å². The second-order valence-corrected chi connectivity index (χ2v) is 8.80. The number of nitro groups is 1. The predicted octanol–water partition coefficient (Wildman–Crippen LogP) is 3.88. The molecule has 1 N–H and O–H groups in total. The average Bonchev–Trinajstić information content (AvgIpc) is 3.14. The van der Waals surface area contributed by atoms with E-state index in [9.17, 15) is 15.2 Å². The van der Waals surface area contributed by atoms with Gasteiger partial charge in [-0.05, 0) is 17.7 Å². The predicted molar refractivity (Wildman–Crippen MR) is 130 cm³/mol. The molecule has 0 spiro atoms. The van der Waals surface area contributed by atoms with Gasteiger partial charge in [-0.25, -0.2) is 0 Å². The molecule has 1 fully saturated rings. The lowest BCUT2D eigenvalue weighted by molar-refractivity contribution is -0.384. The SMILES string of the molecule is O=[N+]([O-])c1ccc(CN2CCN(CC(O)Cn3c4ccccc4c4ccccc43)CC2)cc1. The van der Waals surface area contributed by atoms with Crippen LogP contribution in [0.1, 0.15) is 5.56 Å². The molecule has 1 unspecified atom stereocenters. The Morgan fingerprint density at radius 2 is 1.33 bits per heavy atom. The van der Waals surface area contributed by atoms with Gasteiger partial charge in [0.1, 0.15) is 0 Å². The standard InChI is InChI=1S/C26H28N4O3/c31-22(19-29-25-7-3-1-5-23(25)24-6-2-4-8-26(24)29)18-28-15-13-27(14-16-28)17-20-9-11-21(12-10-20)30(32)33/h1-12,22,31H,13-19H2. The van der Waals surface area contributed by atoms with Crippen LogP contribution in [0.4, 0.5) is 5.69 Å². The third-order valence-corrected chi connectivity index (χ3v) is 6.56. The van der Waals surface area contributed by atoms with Crippen molar-refractivity contribution < 1.29 is 10.0 Å². The number of aliphatic hydroxyl groups is 1. The van der Waals surface area contributed by atoms with Crippen LogP contribution < -0.4 is 0 Å². The fraction of sp³-hybridized carbons (Fsp3) is 0.308. The smallest absolute Gasteiger partial charge is 0.269 e. The van der Waals surface area contributed by atoms with E-state index in [4.69, 9.17) is 0 Å². The summed E-state index contributed by atoms with van der Waals surface area (Å²) in [6, 6.07) is 23.6. The number of hydrogen-bond donors (Lipinski definition) is 1. The Morgan fingerprint density at radius 1 is 0.788 bits per heavy atom. The average molecular weight is 445 g/mol. The Kier molecular flexibility index (Phi) is 6.09. The van der Waals surface area contributed by atoms with Crippen molar-refractivity contribution in [2.45, 2.75) is 19.2 Å². The summed E-state index contributed by atoms with van der Waals surface area (Å²) in [4.78, 5) is 15.1. The third kappa shape index (κ3) is 4.61. The molecular formula is C26H28N4O3. The van der Waals surface area contributed by atoms with Crippen molar-refractivity contribution in [2.75, 3.05) is 32.7 Å². The summed E-state index contributed by atoms with van der Waals surface area (Å²) < 4.78 is 2.24. The fourth-order valence-corrected chi connectivity index (χ4v) is 4.88. The van der Waals surface area contributed by atoms with Crippen LogP contribution in [0.2, 0.25) is 0 Å². The summed E-state index contributed by atoms with van der Waals surface area (Å²) in [5.41, 5.74) is 3.53. The lowest BCUT2D eigenvalue weighted by atomic mass is 10.1. The van der Waals surface area contributed by atoms with Gasteiger partial charge in [0.25, 0.3) is 5.69 Å². The first-order chi connectivity index (χ1) is 16.1. The number of aromatic nitrogens is 1. The zero-order valence-electron chi connectivity index (χ0n) is 18.5. The summed E-state index contributed by atoms with van der Waals surface area (Å²) in [5, 5.41) is 24.2. The molecule has 7 nitrogen and oxygen atoms in total. The number of nitro benzene ring substituents is 1. The van der Waals surface area contributed by atoms with E-state index in [-0.39, 0.29) is 10.6 Å². The lowest BCUT2D eigenvalue weighted by Crippen LogP contribution is -2.48. The molecule has 33 heavy (non-hydrogen) atoms. The van der Waals surface area contributed by atoms with Crippen molar-refractivity contribution >= 4 is 27.5 Å². The van der Waals surface area contributed by atoms with E-state index < -0.39 is 6.10 Å². The van der Waals surface area contributed by atoms with E-state index in [1.54, 1.807) is 12.1 Å². The number of β-amino-alcohol motifs (C(OH)–C–C–N with tert-alkyl or cyclic N) is 1. The van der Waals surface area contributed by atoms with Crippen LogP contribution in [-0.2, 0) is 13.1 Å². The third-order valence-electron chi connectivity index (χ3n) is 6.56. The van der Waals surface area contributed by atoms with Crippen molar-refractivity contribution in [3.05, 3.63) is 88.5 Å². The van der Waals surface area contributed by atoms with Gasteiger partial charge in [-0.1, -0.05) is 48.5 Å². The molecule has 0 amide bonds. The normalized spacial score (nSPS) is 16.4. The minimum atomic E-state index is -0.453. The summed E-state index contributed by atoms with van der Waals surface area (Å²) in [5.74, 6) is 0. The Hall–Kier alpha value is -3.26. The maximum absolute atomic E-state index is 10.9. The largest absolute Gasteiger partial charge is 0.390 e. The van der Waals surface area contributed by atoms with Crippen LogP contribution in [0, 0.1) is 10.1 Å². The highest BCUT2D eigenvalue weighted by atomic mass is 16.6. The molecule has 1 atom stereocenters. The van der Waals surface area contributed by atoms with Gasteiger partial charge in [-0.15, -0.1) is 0 Å². The van der Waals surface area contributed by atoms with Crippen LogP contribution in [0.25, 0.3) is 21.8 Å². The van der Waals surface area contributed by atoms with E-state index in [1.165, 1.54) is 10.8 Å². The Balaban J connectivity index is 1.18. The van der Waals surface area contributed by atoms with Gasteiger partial charge in [0.05, 0.1) is 17.6 Å². The first kappa shape index (κ1) is 21.6. The summed E-state index contributed by atoms with van der Waals surface area (Å²) in [6.07, 6.45) is -0.453. The molecule has 0 bridgehead atoms. The molecular weight excluding hydrogens is 416 g/mol. The Morgan fingerprint density at radius 3 is 1.91 bits per heavy atom. The first-order valence-corrected chi connectivity index (χ1v) is 11.4. The number of hydrogen-bond acceptors (Lipinski definition) is 5. The second kappa shape index (κ2) is 9.31. The topological polar surface area (TPSA) is 74.8 Å². The second-order valence-electron chi connectivity index (χ2n) is 8.80. The molecule has 1 aromatic heterocycles. The molecule has 170 valence electrons. The minimum Gasteiger partial charge on any atom is -0.390 e. The van der Waals surface area contributed by atoms with Crippen LogP contribution in [0.3, 0.4) is 0 Å². The Labute approximate surface area is 192 Å². The number of benzene rings is 3. The number of piperazine rings is 1. The van der Waals surface area contributed by atoms with Gasteiger partial charge in [-0.3, -0.25) is 19.9 Å². The monoisotopic (exact) mass is 444 g/mol. The van der Waals surface area contributed by atoms with E-state index >= 15 is 0 Å². The number of fused-ring (bicyclic) bond motifs is 3.